The molecule has 88 valence electrons. The van der Waals surface area contributed by atoms with Crippen molar-refractivity contribution in [1.29, 1.82) is 0 Å². The minimum atomic E-state index is 0.107. The second-order valence-corrected chi connectivity index (χ2v) is 8.69. The molecule has 0 spiro atoms. The van der Waals surface area contributed by atoms with Crippen molar-refractivity contribution in [3.05, 3.63) is 57.7 Å². The predicted molar refractivity (Wildman–Crippen MR) is 70.4 cm³/mol. The molecular formula is C16H18I+. The summed E-state index contributed by atoms with van der Waals surface area (Å²) in [4.78, 5) is 0. The first-order valence-electron chi connectivity index (χ1n) is 5.97. The van der Waals surface area contributed by atoms with E-state index < -0.39 is 0 Å². The van der Waals surface area contributed by atoms with Gasteiger partial charge in [-0.05, 0) is 44.0 Å². The fourth-order valence-electron chi connectivity index (χ4n) is 1.88. The van der Waals surface area contributed by atoms with E-state index in [1.165, 1.54) is 16.7 Å². The lowest BCUT2D eigenvalue weighted by Crippen LogP contribution is -3.64. The second-order valence-electron chi connectivity index (χ2n) is 4.42. The van der Waals surface area contributed by atoms with Gasteiger partial charge in [0, 0.05) is 5.56 Å². The first kappa shape index (κ1) is 12.6. The number of hydrogen-bond acceptors (Lipinski definition) is 0. The molecule has 0 aromatic heterocycles. The third kappa shape index (κ3) is 3.09. The van der Waals surface area contributed by atoms with E-state index in [2.05, 4.69) is 69.3 Å². The van der Waals surface area contributed by atoms with Crippen LogP contribution in [0.4, 0.5) is 0 Å². The van der Waals surface area contributed by atoms with Gasteiger partial charge in [-0.1, -0.05) is 36.4 Å². The number of hydrogen-bond donors (Lipinski definition) is 0. The van der Waals surface area contributed by atoms with Crippen LogP contribution in [0.1, 0.15) is 19.4 Å². The van der Waals surface area contributed by atoms with Gasteiger partial charge in [0.25, 0.3) is 0 Å². The molecule has 17 heavy (non-hydrogen) atoms. The van der Waals surface area contributed by atoms with Crippen LogP contribution < -0.4 is 21.2 Å². The van der Waals surface area contributed by atoms with Gasteiger partial charge >= 0.3 is 21.2 Å². The molecule has 0 heterocycles. The highest BCUT2D eigenvalue weighted by Crippen LogP contribution is 2.22. The van der Waals surface area contributed by atoms with E-state index in [1.54, 1.807) is 3.57 Å². The first-order valence-corrected chi connectivity index (χ1v) is 8.29. The second kappa shape index (κ2) is 5.67. The Kier molecular flexibility index (Phi) is 4.21. The van der Waals surface area contributed by atoms with Gasteiger partial charge in [-0.2, -0.15) is 0 Å². The molecular weight excluding hydrogens is 319 g/mol. The Bertz CT molecular complexity index is 500. The smallest absolute Gasteiger partial charge is 0.0620 e. The summed E-state index contributed by atoms with van der Waals surface area (Å²) in [5, 5.41) is 0. The first-order chi connectivity index (χ1) is 8.18. The maximum atomic E-state index is 2.32. The van der Waals surface area contributed by atoms with Crippen molar-refractivity contribution >= 4 is 0 Å². The molecule has 0 saturated carbocycles. The maximum Gasteiger partial charge on any atom is 0.316 e. The van der Waals surface area contributed by atoms with Crippen LogP contribution in [0, 0.1) is 10.5 Å². The van der Waals surface area contributed by atoms with Gasteiger partial charge in [0.1, 0.15) is 0 Å². The fourth-order valence-corrected chi connectivity index (χ4v) is 4.45. The van der Waals surface area contributed by atoms with Crippen LogP contribution in [0.25, 0.3) is 11.1 Å². The number of benzene rings is 2. The zero-order valence-electron chi connectivity index (χ0n) is 10.6. The zero-order chi connectivity index (χ0) is 12.3. The van der Waals surface area contributed by atoms with Gasteiger partial charge in [0.15, 0.2) is 7.49 Å². The molecule has 0 fully saturated rings. The lowest BCUT2D eigenvalue weighted by Gasteiger charge is -2.05. The summed E-state index contributed by atoms with van der Waals surface area (Å²) in [6.07, 6.45) is 0. The highest BCUT2D eigenvalue weighted by Gasteiger charge is 2.21. The fraction of sp³-hybridized carbons (Fsp3) is 0.250. The molecule has 0 N–H and O–H groups in total. The van der Waals surface area contributed by atoms with Crippen LogP contribution in [0.3, 0.4) is 0 Å². The topological polar surface area (TPSA) is 0 Å². The molecule has 1 heteroatoms. The van der Waals surface area contributed by atoms with Crippen LogP contribution in [-0.4, -0.2) is 3.92 Å². The number of rotatable bonds is 3. The molecule has 2 aromatic carbocycles. The highest BCUT2D eigenvalue weighted by atomic mass is 127. The van der Waals surface area contributed by atoms with Crippen molar-refractivity contribution in [3.63, 3.8) is 0 Å². The zero-order valence-corrected chi connectivity index (χ0v) is 12.7. The molecule has 0 nitrogen and oxygen atoms in total. The normalized spacial score (nSPS) is 10.8. The van der Waals surface area contributed by atoms with Crippen molar-refractivity contribution in [1.82, 2.24) is 0 Å². The van der Waals surface area contributed by atoms with Gasteiger partial charge in [0.2, 0.25) is 0 Å². The molecule has 2 rings (SSSR count). The number of alkyl halides is 1. The van der Waals surface area contributed by atoms with Gasteiger partial charge in [-0.25, -0.2) is 0 Å². The maximum absolute atomic E-state index is 2.32. The summed E-state index contributed by atoms with van der Waals surface area (Å²) in [7, 11) is 0. The Morgan fingerprint density at radius 3 is 2.06 bits per heavy atom. The van der Waals surface area contributed by atoms with E-state index in [1.807, 2.05) is 0 Å². The SMILES string of the molecule is Cc1ccccc1-c1ccccc1[I+]C(C)C. The lowest BCUT2D eigenvalue weighted by atomic mass is 10.0. The van der Waals surface area contributed by atoms with Gasteiger partial charge < -0.3 is 0 Å². The Balaban J connectivity index is 2.48. The molecule has 2 aromatic rings. The van der Waals surface area contributed by atoms with Crippen LogP contribution >= 0.6 is 0 Å². The summed E-state index contributed by atoms with van der Waals surface area (Å²) >= 11 is 0.107. The highest BCUT2D eigenvalue weighted by molar-refractivity contribution is 5.66. The molecule has 0 amide bonds. The van der Waals surface area contributed by atoms with Crippen LogP contribution in [0.5, 0.6) is 0 Å². The van der Waals surface area contributed by atoms with E-state index in [0.717, 1.165) is 3.92 Å². The predicted octanol–water partition coefficient (Wildman–Crippen LogP) is 1.33. The summed E-state index contributed by atoms with van der Waals surface area (Å²) in [6.45, 7) is 6.84. The Morgan fingerprint density at radius 2 is 1.41 bits per heavy atom. The molecule has 0 aliphatic carbocycles. The molecule has 0 bridgehead atoms. The van der Waals surface area contributed by atoms with Crippen LogP contribution in [-0.2, 0) is 0 Å². The Hall–Kier alpha value is -0.830. The molecule has 0 unspecified atom stereocenters. The Labute approximate surface area is 114 Å². The van der Waals surface area contributed by atoms with Gasteiger partial charge in [0.05, 0.1) is 0 Å². The van der Waals surface area contributed by atoms with E-state index in [-0.39, 0.29) is 21.2 Å². The summed E-state index contributed by atoms with van der Waals surface area (Å²) in [5.74, 6) is 0. The van der Waals surface area contributed by atoms with Crippen molar-refractivity contribution in [2.45, 2.75) is 24.7 Å². The molecule has 0 radical (unpaired) electrons. The number of aryl methyl sites for hydroxylation is 1. The monoisotopic (exact) mass is 337 g/mol. The van der Waals surface area contributed by atoms with Crippen LogP contribution in [0.15, 0.2) is 48.5 Å². The largest absolute Gasteiger partial charge is 0.316 e. The summed E-state index contributed by atoms with van der Waals surface area (Å²) in [6, 6.07) is 17.5. The van der Waals surface area contributed by atoms with Crippen molar-refractivity contribution in [3.8, 4) is 11.1 Å². The summed E-state index contributed by atoms with van der Waals surface area (Å²) < 4.78 is 2.37. The van der Waals surface area contributed by atoms with E-state index in [4.69, 9.17) is 0 Å². The van der Waals surface area contributed by atoms with E-state index in [0.29, 0.717) is 0 Å². The lowest BCUT2D eigenvalue weighted by molar-refractivity contribution is -0.655. The average Bonchev–Trinajstić information content (AvgIpc) is 2.30. The van der Waals surface area contributed by atoms with Crippen LogP contribution in [0.2, 0.25) is 0 Å². The third-order valence-corrected chi connectivity index (χ3v) is 5.50. The third-order valence-electron chi connectivity index (χ3n) is 2.64. The average molecular weight is 337 g/mol. The standard InChI is InChI=1S/C16H18I/c1-12(2)17-16-11-7-6-10-15(16)14-9-5-4-8-13(14)3/h4-12H,1-3H3/q+1. The van der Waals surface area contributed by atoms with Crippen molar-refractivity contribution < 1.29 is 21.2 Å². The minimum Gasteiger partial charge on any atom is -0.0620 e. The number of halogens is 1. The molecule has 0 saturated heterocycles. The Morgan fingerprint density at radius 1 is 0.824 bits per heavy atom. The summed E-state index contributed by atoms with van der Waals surface area (Å²) in [5.41, 5.74) is 4.20. The molecule has 0 aliphatic rings. The van der Waals surface area contributed by atoms with E-state index >= 15 is 0 Å². The quantitative estimate of drug-likeness (QED) is 0.586. The van der Waals surface area contributed by atoms with Gasteiger partial charge in [-0.15, -0.1) is 0 Å². The van der Waals surface area contributed by atoms with Gasteiger partial charge in [-0.3, -0.25) is 0 Å². The molecule has 0 aliphatic heterocycles. The molecule has 0 atom stereocenters. The van der Waals surface area contributed by atoms with Crippen molar-refractivity contribution in [2.24, 2.45) is 0 Å². The minimum absolute atomic E-state index is 0.107. The van der Waals surface area contributed by atoms with E-state index in [9.17, 15) is 0 Å². The van der Waals surface area contributed by atoms with Crippen molar-refractivity contribution in [2.75, 3.05) is 0 Å².